The molecule has 0 fully saturated rings. The Kier molecular flexibility index (Phi) is 4.94. The number of hydrogen-bond acceptors (Lipinski definition) is 3. The van der Waals surface area contributed by atoms with E-state index in [1.54, 1.807) is 12.1 Å². The van der Waals surface area contributed by atoms with Gasteiger partial charge in [-0.15, -0.1) is 0 Å². The van der Waals surface area contributed by atoms with Crippen molar-refractivity contribution in [2.75, 3.05) is 7.11 Å². The van der Waals surface area contributed by atoms with Gasteiger partial charge in [-0.1, -0.05) is 18.2 Å². The summed E-state index contributed by atoms with van der Waals surface area (Å²) >= 11 is 0. The molecule has 0 saturated heterocycles. The molecule has 0 aromatic heterocycles. The molecule has 0 unspecified atom stereocenters. The van der Waals surface area contributed by atoms with Crippen LogP contribution >= 0.6 is 0 Å². The van der Waals surface area contributed by atoms with Crippen molar-refractivity contribution in [1.82, 2.24) is 0 Å². The quantitative estimate of drug-likeness (QED) is 0.786. The minimum absolute atomic E-state index is 0.260. The van der Waals surface area contributed by atoms with E-state index in [0.29, 0.717) is 18.6 Å². The SMILES string of the molecule is COC(=O)C1=Cc2cc(OCc3ccc(F)cc3)ccc2CCC1. The number of hydrogen-bond donors (Lipinski definition) is 0. The van der Waals surface area contributed by atoms with Crippen LogP contribution < -0.4 is 4.74 Å². The van der Waals surface area contributed by atoms with Crippen LogP contribution in [0.3, 0.4) is 0 Å². The van der Waals surface area contributed by atoms with Gasteiger partial charge in [-0.05, 0) is 66.3 Å². The fourth-order valence-electron chi connectivity index (χ4n) is 2.79. The molecule has 1 aliphatic rings. The van der Waals surface area contributed by atoms with Crippen LogP contribution in [0, 0.1) is 5.82 Å². The van der Waals surface area contributed by atoms with E-state index in [0.717, 1.165) is 29.7 Å². The van der Waals surface area contributed by atoms with Crippen molar-refractivity contribution in [3.8, 4) is 5.75 Å². The molecule has 0 spiro atoms. The first-order valence-electron chi connectivity index (χ1n) is 7.95. The van der Waals surface area contributed by atoms with Crippen molar-refractivity contribution in [1.29, 1.82) is 0 Å². The van der Waals surface area contributed by atoms with E-state index in [2.05, 4.69) is 0 Å². The number of methoxy groups -OCH3 is 1. The lowest BCUT2D eigenvalue weighted by molar-refractivity contribution is -0.136. The van der Waals surface area contributed by atoms with Gasteiger partial charge in [0, 0.05) is 5.57 Å². The highest BCUT2D eigenvalue weighted by Gasteiger charge is 2.15. The Morgan fingerprint density at radius 2 is 1.92 bits per heavy atom. The number of ether oxygens (including phenoxy) is 2. The number of carbonyl (C=O) groups is 1. The molecule has 4 heteroatoms. The van der Waals surface area contributed by atoms with Gasteiger partial charge >= 0.3 is 5.97 Å². The van der Waals surface area contributed by atoms with E-state index in [1.807, 2.05) is 24.3 Å². The van der Waals surface area contributed by atoms with Gasteiger partial charge in [0.2, 0.25) is 0 Å². The second-order valence-corrected chi connectivity index (χ2v) is 5.79. The number of fused-ring (bicyclic) bond motifs is 1. The van der Waals surface area contributed by atoms with Crippen molar-refractivity contribution in [2.45, 2.75) is 25.9 Å². The predicted octanol–water partition coefficient (Wildman–Crippen LogP) is 4.30. The minimum atomic E-state index is -0.277. The fourth-order valence-corrected chi connectivity index (χ4v) is 2.79. The molecule has 1 aliphatic carbocycles. The molecule has 0 N–H and O–H groups in total. The summed E-state index contributed by atoms with van der Waals surface area (Å²) in [5.41, 5.74) is 3.77. The maximum Gasteiger partial charge on any atom is 0.333 e. The number of rotatable bonds is 4. The second-order valence-electron chi connectivity index (χ2n) is 5.79. The maximum atomic E-state index is 12.9. The molecule has 0 amide bonds. The molecule has 3 rings (SSSR count). The van der Waals surface area contributed by atoms with Crippen LogP contribution in [0.5, 0.6) is 5.75 Å². The van der Waals surface area contributed by atoms with Gasteiger partial charge in [0.05, 0.1) is 7.11 Å². The Labute approximate surface area is 140 Å². The first kappa shape index (κ1) is 16.2. The predicted molar refractivity (Wildman–Crippen MR) is 90.1 cm³/mol. The molecule has 2 aromatic carbocycles. The van der Waals surface area contributed by atoms with Gasteiger partial charge in [0.15, 0.2) is 0 Å². The van der Waals surface area contributed by atoms with Crippen LogP contribution in [0.15, 0.2) is 48.0 Å². The van der Waals surface area contributed by atoms with Crippen LogP contribution in [-0.4, -0.2) is 13.1 Å². The van der Waals surface area contributed by atoms with Gasteiger partial charge in [0.1, 0.15) is 18.2 Å². The minimum Gasteiger partial charge on any atom is -0.489 e. The van der Waals surface area contributed by atoms with Crippen molar-refractivity contribution in [3.63, 3.8) is 0 Å². The number of carbonyl (C=O) groups excluding carboxylic acids is 1. The molecule has 2 aromatic rings. The van der Waals surface area contributed by atoms with Crippen LogP contribution in [0.25, 0.3) is 6.08 Å². The van der Waals surface area contributed by atoms with Crippen LogP contribution in [0.1, 0.15) is 29.5 Å². The molecule has 3 nitrogen and oxygen atoms in total. The smallest absolute Gasteiger partial charge is 0.333 e. The lowest BCUT2D eigenvalue weighted by Gasteiger charge is -2.10. The van der Waals surface area contributed by atoms with Crippen LogP contribution in [0.4, 0.5) is 4.39 Å². The summed E-state index contributed by atoms with van der Waals surface area (Å²) in [7, 11) is 1.40. The van der Waals surface area contributed by atoms with Gasteiger partial charge in [-0.3, -0.25) is 0 Å². The molecule has 0 saturated carbocycles. The summed E-state index contributed by atoms with van der Waals surface area (Å²) in [6, 6.07) is 12.1. The second kappa shape index (κ2) is 7.30. The lowest BCUT2D eigenvalue weighted by Crippen LogP contribution is -2.03. The van der Waals surface area contributed by atoms with E-state index in [-0.39, 0.29) is 11.8 Å². The van der Waals surface area contributed by atoms with E-state index in [9.17, 15) is 9.18 Å². The summed E-state index contributed by atoms with van der Waals surface area (Å²) in [4.78, 5) is 11.8. The van der Waals surface area contributed by atoms with Crippen molar-refractivity contribution in [3.05, 3.63) is 70.5 Å². The van der Waals surface area contributed by atoms with E-state index >= 15 is 0 Å². The largest absolute Gasteiger partial charge is 0.489 e. The van der Waals surface area contributed by atoms with E-state index in [4.69, 9.17) is 9.47 Å². The number of halogens is 1. The van der Waals surface area contributed by atoms with E-state index in [1.165, 1.54) is 24.8 Å². The summed E-state index contributed by atoms with van der Waals surface area (Å²) in [5.74, 6) is 0.185. The molecule has 124 valence electrons. The van der Waals surface area contributed by atoms with Gasteiger partial charge in [-0.25, -0.2) is 9.18 Å². The third-order valence-electron chi connectivity index (χ3n) is 4.11. The zero-order valence-corrected chi connectivity index (χ0v) is 13.5. The molecule has 0 aliphatic heterocycles. The number of benzene rings is 2. The van der Waals surface area contributed by atoms with Gasteiger partial charge in [0.25, 0.3) is 0 Å². The third-order valence-corrected chi connectivity index (χ3v) is 4.11. The highest BCUT2D eigenvalue weighted by Crippen LogP contribution is 2.27. The molecular weight excluding hydrogens is 307 g/mol. The zero-order chi connectivity index (χ0) is 16.9. The highest BCUT2D eigenvalue weighted by molar-refractivity contribution is 5.94. The summed E-state index contributed by atoms with van der Waals surface area (Å²) in [6.07, 6.45) is 4.44. The topological polar surface area (TPSA) is 35.5 Å². The normalized spacial score (nSPS) is 13.5. The first-order chi connectivity index (χ1) is 11.7. The Hall–Kier alpha value is -2.62. The molecule has 0 heterocycles. The van der Waals surface area contributed by atoms with Gasteiger partial charge in [-0.2, -0.15) is 0 Å². The van der Waals surface area contributed by atoms with Gasteiger partial charge < -0.3 is 9.47 Å². The average molecular weight is 326 g/mol. The van der Waals surface area contributed by atoms with E-state index < -0.39 is 0 Å². The Morgan fingerprint density at radius 3 is 2.67 bits per heavy atom. The van der Waals surface area contributed by atoms with Crippen molar-refractivity contribution in [2.24, 2.45) is 0 Å². The fraction of sp³-hybridized carbons (Fsp3) is 0.250. The number of esters is 1. The lowest BCUT2D eigenvalue weighted by atomic mass is 10.0. The summed E-state index contributed by atoms with van der Waals surface area (Å²) in [6.45, 7) is 0.368. The maximum absolute atomic E-state index is 12.9. The Bertz CT molecular complexity index is 763. The molecule has 0 radical (unpaired) electrons. The van der Waals surface area contributed by atoms with Crippen LogP contribution in [0.2, 0.25) is 0 Å². The molecule has 24 heavy (non-hydrogen) atoms. The molecule has 0 atom stereocenters. The summed E-state index contributed by atoms with van der Waals surface area (Å²) in [5, 5.41) is 0. The molecule has 0 bridgehead atoms. The number of aryl methyl sites for hydroxylation is 1. The summed E-state index contributed by atoms with van der Waals surface area (Å²) < 4.78 is 23.6. The highest BCUT2D eigenvalue weighted by atomic mass is 19.1. The average Bonchev–Trinajstić information content (AvgIpc) is 2.82. The Balaban J connectivity index is 1.78. The zero-order valence-electron chi connectivity index (χ0n) is 13.5. The first-order valence-corrected chi connectivity index (χ1v) is 7.95. The Morgan fingerprint density at radius 1 is 1.12 bits per heavy atom. The standard InChI is InChI=1S/C20H19FO3/c1-23-20(22)16-4-2-3-15-7-10-19(12-17(15)11-16)24-13-14-5-8-18(21)9-6-14/h5-12H,2-4,13H2,1H3. The monoisotopic (exact) mass is 326 g/mol. The van der Waals surface area contributed by atoms with Crippen molar-refractivity contribution < 1.29 is 18.7 Å². The van der Waals surface area contributed by atoms with Crippen molar-refractivity contribution >= 4 is 12.0 Å². The molecular formula is C20H19FO3. The third kappa shape index (κ3) is 3.82. The van der Waals surface area contributed by atoms with Crippen LogP contribution in [-0.2, 0) is 22.6 Å².